The maximum Gasteiger partial charge on any atom is 2.00 e. The molecule has 0 bridgehead atoms. The van der Waals surface area contributed by atoms with Crippen molar-refractivity contribution in [3.8, 4) is 28.8 Å². The van der Waals surface area contributed by atoms with Crippen LogP contribution < -0.4 is 25.9 Å². The van der Waals surface area contributed by atoms with Crippen molar-refractivity contribution < 1.29 is 30.5 Å². The third kappa shape index (κ3) is 4.10. The summed E-state index contributed by atoms with van der Waals surface area (Å²) in [7, 11) is 0. The van der Waals surface area contributed by atoms with E-state index in [-0.39, 0.29) is 27.8 Å². The van der Waals surface area contributed by atoms with E-state index in [2.05, 4.69) is 34.3 Å². The maximum absolute atomic E-state index is 6.20. The number of fused-ring (bicyclic) bond motifs is 2. The van der Waals surface area contributed by atoms with Crippen molar-refractivity contribution in [2.75, 3.05) is 0 Å². The zero-order valence-electron chi connectivity index (χ0n) is 17.3. The van der Waals surface area contributed by atoms with Crippen LogP contribution in [-0.2, 0) is 21.1 Å². The number of pyridine rings is 1. The SMILES string of the molecule is [Pt+2].[c-]1c(B2c3[c-]c(Oc4ccccn4)ccc3Oc3ccccc32)cccc1-n1cccn1. The number of aromatic nitrogens is 3. The molecule has 3 heterocycles. The summed E-state index contributed by atoms with van der Waals surface area (Å²) in [6, 6.07) is 32.3. The molecule has 0 unspecified atom stereocenters. The summed E-state index contributed by atoms with van der Waals surface area (Å²) in [5, 5.41) is 4.35. The molecule has 0 spiro atoms. The molecule has 0 atom stereocenters. The van der Waals surface area contributed by atoms with Crippen LogP contribution in [0.5, 0.6) is 23.1 Å². The average Bonchev–Trinajstić information content (AvgIpc) is 3.39. The van der Waals surface area contributed by atoms with Crippen LogP contribution in [0, 0.1) is 12.1 Å². The van der Waals surface area contributed by atoms with E-state index in [9.17, 15) is 0 Å². The molecule has 2 aromatic heterocycles. The molecule has 33 heavy (non-hydrogen) atoms. The molecule has 0 amide bonds. The normalized spacial score (nSPS) is 11.6. The molecule has 3 aromatic carbocycles. The van der Waals surface area contributed by atoms with Crippen molar-refractivity contribution >= 4 is 23.1 Å². The van der Waals surface area contributed by atoms with Gasteiger partial charge >= 0.3 is 21.1 Å². The van der Waals surface area contributed by atoms with Crippen molar-refractivity contribution in [3.05, 3.63) is 110 Å². The van der Waals surface area contributed by atoms with E-state index in [1.54, 1.807) is 17.1 Å². The zero-order valence-corrected chi connectivity index (χ0v) is 19.6. The van der Waals surface area contributed by atoms with Crippen LogP contribution in [0.2, 0.25) is 0 Å². The van der Waals surface area contributed by atoms with E-state index in [1.807, 2.05) is 72.9 Å². The van der Waals surface area contributed by atoms with Gasteiger partial charge in [-0.25, -0.2) is 4.98 Å². The van der Waals surface area contributed by atoms with Gasteiger partial charge in [0.05, 0.1) is 0 Å². The Morgan fingerprint density at radius 2 is 1.73 bits per heavy atom. The smallest absolute Gasteiger partial charge is 0.518 e. The molecule has 5 nitrogen and oxygen atoms in total. The first-order valence-electron chi connectivity index (χ1n) is 10.3. The molecule has 0 aliphatic carbocycles. The molecule has 1 aliphatic rings. The first kappa shape index (κ1) is 21.2. The molecule has 5 aromatic rings. The Morgan fingerprint density at radius 3 is 2.58 bits per heavy atom. The quantitative estimate of drug-likeness (QED) is 0.228. The molecule has 0 N–H and O–H groups in total. The van der Waals surface area contributed by atoms with Crippen molar-refractivity contribution in [1.29, 1.82) is 0 Å². The van der Waals surface area contributed by atoms with Crippen molar-refractivity contribution in [1.82, 2.24) is 14.8 Å². The summed E-state index contributed by atoms with van der Waals surface area (Å²) in [5.41, 5.74) is 3.83. The first-order chi connectivity index (χ1) is 15.8. The van der Waals surface area contributed by atoms with E-state index in [0.717, 1.165) is 33.6 Å². The van der Waals surface area contributed by atoms with Crippen molar-refractivity contribution in [3.63, 3.8) is 0 Å². The summed E-state index contributed by atoms with van der Waals surface area (Å²) in [4.78, 5) is 4.25. The Morgan fingerprint density at radius 1 is 0.818 bits per heavy atom. The molecule has 0 saturated carbocycles. The fourth-order valence-electron chi connectivity index (χ4n) is 3.96. The monoisotopic (exact) mass is 608 g/mol. The summed E-state index contributed by atoms with van der Waals surface area (Å²) in [6.07, 6.45) is 5.37. The summed E-state index contributed by atoms with van der Waals surface area (Å²) >= 11 is 0. The van der Waals surface area contributed by atoms with Crippen LogP contribution in [0.1, 0.15) is 0 Å². The second-order valence-electron chi connectivity index (χ2n) is 7.39. The fraction of sp³-hybridized carbons (Fsp3) is 0. The Bertz CT molecular complexity index is 1390. The fourth-order valence-corrected chi connectivity index (χ4v) is 3.96. The Labute approximate surface area is 206 Å². The third-order valence-electron chi connectivity index (χ3n) is 5.36. The van der Waals surface area contributed by atoms with E-state index in [1.165, 1.54) is 0 Å². The summed E-state index contributed by atoms with van der Waals surface area (Å²) < 4.78 is 14.0. The Hall–Kier alpha value is -3.63. The third-order valence-corrected chi connectivity index (χ3v) is 5.36. The Balaban J connectivity index is 0.00000228. The van der Waals surface area contributed by atoms with Gasteiger partial charge < -0.3 is 9.47 Å². The largest absolute Gasteiger partial charge is 2.00 e. The molecule has 0 radical (unpaired) electrons. The van der Waals surface area contributed by atoms with Crippen LogP contribution in [0.15, 0.2) is 97.5 Å². The molecule has 6 rings (SSSR count). The van der Waals surface area contributed by atoms with Gasteiger partial charge in [-0.05, 0) is 29.3 Å². The number of benzene rings is 3. The Kier molecular flexibility index (Phi) is 5.85. The van der Waals surface area contributed by atoms with E-state index in [4.69, 9.17) is 9.47 Å². The average molecular weight is 608 g/mol. The molecule has 0 fully saturated rings. The second-order valence-corrected chi connectivity index (χ2v) is 7.39. The van der Waals surface area contributed by atoms with Gasteiger partial charge in [0, 0.05) is 36.2 Å². The van der Waals surface area contributed by atoms with Crippen LogP contribution in [-0.4, -0.2) is 21.5 Å². The first-order valence-corrected chi connectivity index (χ1v) is 10.3. The standard InChI is InChI=1S/C26H16BN3O2.Pt/c1-2-10-24-22(9-1)27(19-7-5-8-20(17-19)30-16-6-15-29-30)23-18-21(12-13-25(23)32-24)31-26-11-3-4-14-28-26;/h1-16H;/q-2;+2. The summed E-state index contributed by atoms with van der Waals surface area (Å²) in [6.45, 7) is -0.113. The van der Waals surface area contributed by atoms with Crippen LogP contribution in [0.25, 0.3) is 5.69 Å². The van der Waals surface area contributed by atoms with Gasteiger partial charge in [0.1, 0.15) is 5.75 Å². The number of rotatable bonds is 4. The number of hydrogen-bond donors (Lipinski definition) is 0. The molecule has 0 saturated heterocycles. The maximum atomic E-state index is 6.20. The number of hydrogen-bond acceptors (Lipinski definition) is 4. The van der Waals surface area contributed by atoms with Gasteiger partial charge in [-0.2, -0.15) is 28.8 Å². The van der Waals surface area contributed by atoms with E-state index in [0.29, 0.717) is 11.6 Å². The van der Waals surface area contributed by atoms with Crippen LogP contribution in [0.3, 0.4) is 0 Å². The molecule has 1 aliphatic heterocycles. The van der Waals surface area contributed by atoms with Gasteiger partial charge in [0.2, 0.25) is 5.88 Å². The topological polar surface area (TPSA) is 49.2 Å². The molecule has 7 heteroatoms. The van der Waals surface area contributed by atoms with Gasteiger partial charge in [-0.3, -0.25) is 4.68 Å². The molecule has 160 valence electrons. The number of ether oxygens (including phenoxy) is 2. The minimum Gasteiger partial charge on any atom is -0.518 e. The second kappa shape index (κ2) is 9.09. The number of nitrogens with zero attached hydrogens (tertiary/aromatic N) is 3. The van der Waals surface area contributed by atoms with Crippen molar-refractivity contribution in [2.24, 2.45) is 0 Å². The van der Waals surface area contributed by atoms with Gasteiger partial charge in [-0.15, -0.1) is 29.7 Å². The predicted octanol–water partition coefficient (Wildman–Crippen LogP) is 3.28. The number of para-hydroxylation sites is 1. The van der Waals surface area contributed by atoms with Gasteiger partial charge in [-0.1, -0.05) is 24.3 Å². The van der Waals surface area contributed by atoms with E-state index >= 15 is 0 Å². The van der Waals surface area contributed by atoms with Crippen molar-refractivity contribution in [2.45, 2.75) is 0 Å². The minimum atomic E-state index is -0.113. The van der Waals surface area contributed by atoms with Crippen LogP contribution >= 0.6 is 0 Å². The van der Waals surface area contributed by atoms with Crippen LogP contribution in [0.4, 0.5) is 0 Å². The van der Waals surface area contributed by atoms with Gasteiger partial charge in [0.25, 0.3) is 0 Å². The molecular formula is C26H16BN3O2Pt. The van der Waals surface area contributed by atoms with E-state index < -0.39 is 0 Å². The predicted molar refractivity (Wildman–Crippen MR) is 123 cm³/mol. The molecular weight excluding hydrogens is 592 g/mol. The van der Waals surface area contributed by atoms with Gasteiger partial charge in [0.15, 0.2) is 6.71 Å². The zero-order chi connectivity index (χ0) is 21.3. The minimum absolute atomic E-state index is 0. The summed E-state index contributed by atoms with van der Waals surface area (Å²) in [5.74, 6) is 2.68.